The van der Waals surface area contributed by atoms with Crippen LogP contribution in [-0.4, -0.2) is 56.2 Å². The van der Waals surface area contributed by atoms with Gasteiger partial charge in [0.1, 0.15) is 0 Å². The lowest BCUT2D eigenvalue weighted by molar-refractivity contribution is -0.133. The number of nitrogens with one attached hydrogen (secondary N) is 2. The summed E-state index contributed by atoms with van der Waals surface area (Å²) >= 11 is 0. The van der Waals surface area contributed by atoms with Gasteiger partial charge in [-0.25, -0.2) is 0 Å². The van der Waals surface area contributed by atoms with Crippen molar-refractivity contribution in [3.63, 3.8) is 0 Å². The Kier molecular flexibility index (Phi) is 8.65. The minimum Gasteiger partial charge on any atom is -0.490 e. The summed E-state index contributed by atoms with van der Waals surface area (Å²) in [5.41, 5.74) is 1.10. The molecule has 1 fully saturated rings. The van der Waals surface area contributed by atoms with Gasteiger partial charge in [-0.15, -0.1) is 24.0 Å². The maximum absolute atomic E-state index is 12.1. The highest BCUT2D eigenvalue weighted by Crippen LogP contribution is 2.30. The van der Waals surface area contributed by atoms with Crippen molar-refractivity contribution in [2.24, 2.45) is 10.9 Å². The van der Waals surface area contributed by atoms with Crippen molar-refractivity contribution < 1.29 is 14.3 Å². The molecule has 7 nitrogen and oxygen atoms in total. The number of carbonyl (C=O) groups excluding carboxylic acids is 1. The van der Waals surface area contributed by atoms with Crippen LogP contribution in [0.3, 0.4) is 0 Å². The summed E-state index contributed by atoms with van der Waals surface area (Å²) in [4.78, 5) is 18.4. The fourth-order valence-corrected chi connectivity index (χ4v) is 3.33. The predicted molar refractivity (Wildman–Crippen MR) is 121 cm³/mol. The monoisotopic (exact) mass is 502 g/mol. The van der Waals surface area contributed by atoms with Crippen molar-refractivity contribution in [2.75, 3.05) is 33.4 Å². The molecule has 156 valence electrons. The van der Waals surface area contributed by atoms with Crippen molar-refractivity contribution in [3.05, 3.63) is 23.8 Å². The lowest BCUT2D eigenvalue weighted by atomic mass is 10.2. The smallest absolute Gasteiger partial charge is 0.225 e. The van der Waals surface area contributed by atoms with Gasteiger partial charge in [0.05, 0.1) is 13.2 Å². The number of hydrogen-bond donors (Lipinski definition) is 2. The number of amides is 1. The summed E-state index contributed by atoms with van der Waals surface area (Å²) in [6, 6.07) is 6.23. The number of ether oxygens (including phenoxy) is 2. The molecular weight excluding hydrogens is 471 g/mol. The number of carbonyl (C=O) groups is 1. The Bertz CT molecular complexity index is 696. The van der Waals surface area contributed by atoms with Crippen LogP contribution in [0.2, 0.25) is 0 Å². The summed E-state index contributed by atoms with van der Waals surface area (Å²) in [6.07, 6.45) is 1.83. The van der Waals surface area contributed by atoms with Crippen LogP contribution >= 0.6 is 24.0 Å². The zero-order valence-electron chi connectivity index (χ0n) is 16.9. The molecule has 2 aliphatic heterocycles. The Morgan fingerprint density at radius 3 is 2.75 bits per heavy atom. The quantitative estimate of drug-likeness (QED) is 0.376. The van der Waals surface area contributed by atoms with Gasteiger partial charge in [-0.2, -0.15) is 0 Å². The predicted octanol–water partition coefficient (Wildman–Crippen LogP) is 2.39. The summed E-state index contributed by atoms with van der Waals surface area (Å²) < 4.78 is 11.4. The van der Waals surface area contributed by atoms with E-state index in [2.05, 4.69) is 15.6 Å². The fourth-order valence-electron chi connectivity index (χ4n) is 3.33. The minimum atomic E-state index is 0. The van der Waals surface area contributed by atoms with Gasteiger partial charge in [0.2, 0.25) is 5.91 Å². The highest BCUT2D eigenvalue weighted by molar-refractivity contribution is 14.0. The molecular formula is C20H31IN4O3. The molecule has 1 unspecified atom stereocenters. The van der Waals surface area contributed by atoms with E-state index in [0.717, 1.165) is 49.0 Å². The summed E-state index contributed by atoms with van der Waals surface area (Å²) in [5.74, 6) is 2.61. The third-order valence-corrected chi connectivity index (χ3v) is 4.83. The maximum atomic E-state index is 12.1. The molecule has 3 rings (SSSR count). The Labute approximate surface area is 184 Å². The molecule has 0 radical (unpaired) electrons. The van der Waals surface area contributed by atoms with Crippen LogP contribution in [0.25, 0.3) is 0 Å². The molecule has 2 heterocycles. The van der Waals surface area contributed by atoms with Crippen LogP contribution in [-0.2, 0) is 11.3 Å². The van der Waals surface area contributed by atoms with Crippen molar-refractivity contribution in [2.45, 2.75) is 39.3 Å². The third-order valence-electron chi connectivity index (χ3n) is 4.83. The molecule has 2 N–H and O–H groups in total. The van der Waals surface area contributed by atoms with E-state index in [1.807, 2.05) is 36.9 Å². The molecule has 1 saturated heterocycles. The first-order valence-corrected chi connectivity index (χ1v) is 9.71. The lowest BCUT2D eigenvalue weighted by Gasteiger charge is -2.20. The van der Waals surface area contributed by atoms with Crippen LogP contribution < -0.4 is 20.1 Å². The van der Waals surface area contributed by atoms with Gasteiger partial charge >= 0.3 is 0 Å². The molecule has 0 aromatic heterocycles. The minimum absolute atomic E-state index is 0. The summed E-state index contributed by atoms with van der Waals surface area (Å²) in [6.45, 7) is 7.42. The van der Waals surface area contributed by atoms with Gasteiger partial charge < -0.3 is 25.0 Å². The number of likely N-dealkylation sites (tertiary alicyclic amines) is 1. The molecule has 0 bridgehead atoms. The van der Waals surface area contributed by atoms with E-state index in [1.165, 1.54) is 0 Å². The standard InChI is InChI=1S/C20H30N4O3.HI/c1-14(2)19(25)24-8-7-16(13-24)23-20(21-3)22-12-15-5-6-17-18(11-15)27-10-4-9-26-17;/h5-6,11,14,16H,4,7-10,12-13H2,1-3H3,(H2,21,22,23);1H. The van der Waals surface area contributed by atoms with Gasteiger partial charge in [0, 0.05) is 45.1 Å². The average molecular weight is 502 g/mol. The number of halogens is 1. The molecule has 1 amide bonds. The largest absolute Gasteiger partial charge is 0.490 e. The van der Waals surface area contributed by atoms with Crippen LogP contribution in [0, 0.1) is 5.92 Å². The SMILES string of the molecule is CN=C(NCc1ccc2c(c1)OCCCO2)NC1CCN(C(=O)C(C)C)C1.I. The molecule has 0 spiro atoms. The van der Waals surface area contributed by atoms with E-state index in [1.54, 1.807) is 7.05 Å². The zero-order chi connectivity index (χ0) is 19.2. The maximum Gasteiger partial charge on any atom is 0.225 e. The van der Waals surface area contributed by atoms with Gasteiger partial charge in [-0.05, 0) is 24.1 Å². The number of hydrogen-bond acceptors (Lipinski definition) is 4. The van der Waals surface area contributed by atoms with Gasteiger partial charge in [0.25, 0.3) is 0 Å². The average Bonchev–Trinajstić information content (AvgIpc) is 3.00. The van der Waals surface area contributed by atoms with E-state index < -0.39 is 0 Å². The summed E-state index contributed by atoms with van der Waals surface area (Å²) in [7, 11) is 1.76. The van der Waals surface area contributed by atoms with Crippen LogP contribution in [0.1, 0.15) is 32.3 Å². The number of rotatable bonds is 4. The molecule has 0 aliphatic carbocycles. The van der Waals surface area contributed by atoms with Crippen molar-refractivity contribution in [3.8, 4) is 11.5 Å². The number of guanidine groups is 1. The van der Waals surface area contributed by atoms with Crippen LogP contribution in [0.15, 0.2) is 23.2 Å². The number of aliphatic imine (C=N–C) groups is 1. The van der Waals surface area contributed by atoms with E-state index >= 15 is 0 Å². The van der Waals surface area contributed by atoms with Gasteiger partial charge in [0.15, 0.2) is 17.5 Å². The normalized spacial score (nSPS) is 19.1. The highest BCUT2D eigenvalue weighted by atomic mass is 127. The number of nitrogens with zero attached hydrogens (tertiary/aromatic N) is 2. The molecule has 2 aliphatic rings. The van der Waals surface area contributed by atoms with E-state index in [9.17, 15) is 4.79 Å². The Morgan fingerprint density at radius 2 is 2.04 bits per heavy atom. The Morgan fingerprint density at radius 1 is 1.29 bits per heavy atom. The number of benzene rings is 1. The molecule has 0 saturated carbocycles. The highest BCUT2D eigenvalue weighted by Gasteiger charge is 2.27. The molecule has 1 atom stereocenters. The molecule has 1 aromatic carbocycles. The van der Waals surface area contributed by atoms with Crippen molar-refractivity contribution in [1.82, 2.24) is 15.5 Å². The Balaban J connectivity index is 0.00000280. The first kappa shape index (κ1) is 22.6. The van der Waals surface area contributed by atoms with Crippen LogP contribution in [0.4, 0.5) is 0 Å². The second-order valence-corrected chi connectivity index (χ2v) is 7.33. The topological polar surface area (TPSA) is 75.2 Å². The van der Waals surface area contributed by atoms with Crippen LogP contribution in [0.5, 0.6) is 11.5 Å². The number of fused-ring (bicyclic) bond motifs is 1. The zero-order valence-corrected chi connectivity index (χ0v) is 19.2. The molecule has 28 heavy (non-hydrogen) atoms. The van der Waals surface area contributed by atoms with Crippen molar-refractivity contribution in [1.29, 1.82) is 0 Å². The lowest BCUT2D eigenvalue weighted by Crippen LogP contribution is -2.45. The van der Waals surface area contributed by atoms with Gasteiger partial charge in [-0.1, -0.05) is 19.9 Å². The van der Waals surface area contributed by atoms with E-state index in [4.69, 9.17) is 9.47 Å². The van der Waals surface area contributed by atoms with E-state index in [-0.39, 0.29) is 41.8 Å². The molecule has 8 heteroatoms. The van der Waals surface area contributed by atoms with E-state index in [0.29, 0.717) is 19.8 Å². The first-order valence-electron chi connectivity index (χ1n) is 9.71. The molecule has 1 aromatic rings. The first-order chi connectivity index (χ1) is 13.1. The third kappa shape index (κ3) is 5.89. The summed E-state index contributed by atoms with van der Waals surface area (Å²) in [5, 5.41) is 6.76. The fraction of sp³-hybridized carbons (Fsp3) is 0.600. The second kappa shape index (κ2) is 10.7. The van der Waals surface area contributed by atoms with Gasteiger partial charge in [-0.3, -0.25) is 9.79 Å². The second-order valence-electron chi connectivity index (χ2n) is 7.33. The Hall–Kier alpha value is -1.71. The van der Waals surface area contributed by atoms with Crippen molar-refractivity contribution >= 4 is 35.8 Å².